The van der Waals surface area contributed by atoms with Crippen molar-refractivity contribution in [1.82, 2.24) is 5.32 Å². The molecule has 4 heteroatoms. The number of rotatable bonds is 8. The number of ether oxygens (including phenoxy) is 1. The number of hydrogen-bond acceptors (Lipinski definition) is 3. The zero-order chi connectivity index (χ0) is 17.4. The van der Waals surface area contributed by atoms with Crippen molar-refractivity contribution < 1.29 is 9.53 Å². The lowest BCUT2D eigenvalue weighted by atomic mass is 9.92. The first-order valence-electron chi connectivity index (χ1n) is 8.32. The average Bonchev–Trinajstić information content (AvgIpc) is 2.60. The van der Waals surface area contributed by atoms with E-state index in [4.69, 9.17) is 10.5 Å². The number of nitrogens with two attached hydrogens (primary N) is 1. The van der Waals surface area contributed by atoms with Crippen molar-refractivity contribution in [1.29, 1.82) is 0 Å². The van der Waals surface area contributed by atoms with E-state index < -0.39 is 5.54 Å². The van der Waals surface area contributed by atoms with Crippen LogP contribution in [0, 0.1) is 6.92 Å². The number of nitrogens with one attached hydrogen (secondary N) is 1. The van der Waals surface area contributed by atoms with Crippen molar-refractivity contribution >= 4 is 5.91 Å². The molecule has 0 aliphatic rings. The molecule has 0 aromatic heterocycles. The van der Waals surface area contributed by atoms with Gasteiger partial charge in [-0.25, -0.2) is 0 Å². The molecule has 0 aliphatic heterocycles. The maximum atomic E-state index is 12.3. The van der Waals surface area contributed by atoms with Crippen LogP contribution in [0.4, 0.5) is 0 Å². The molecule has 0 bridgehead atoms. The molecule has 2 rings (SSSR count). The summed E-state index contributed by atoms with van der Waals surface area (Å²) in [6.07, 6.45) is 1.73. The molecule has 1 unspecified atom stereocenters. The molecular weight excluding hydrogens is 300 g/mol. The van der Waals surface area contributed by atoms with E-state index in [0.717, 1.165) is 24.2 Å². The van der Waals surface area contributed by atoms with Crippen LogP contribution >= 0.6 is 0 Å². The number of hydrogen-bond donors (Lipinski definition) is 2. The van der Waals surface area contributed by atoms with Crippen LogP contribution in [0.15, 0.2) is 54.6 Å². The Morgan fingerprint density at radius 2 is 1.75 bits per heavy atom. The van der Waals surface area contributed by atoms with E-state index in [0.29, 0.717) is 13.2 Å². The van der Waals surface area contributed by atoms with Gasteiger partial charge >= 0.3 is 0 Å². The van der Waals surface area contributed by atoms with Crippen molar-refractivity contribution in [3.63, 3.8) is 0 Å². The van der Waals surface area contributed by atoms with Gasteiger partial charge in [0.1, 0.15) is 11.3 Å². The second kappa shape index (κ2) is 8.50. The molecule has 0 fully saturated rings. The number of aryl methyl sites for hydroxylation is 1. The summed E-state index contributed by atoms with van der Waals surface area (Å²) >= 11 is 0. The fraction of sp³-hybridized carbons (Fsp3) is 0.350. The van der Waals surface area contributed by atoms with Gasteiger partial charge in [0.2, 0.25) is 5.91 Å². The zero-order valence-electron chi connectivity index (χ0n) is 14.4. The number of carbonyl (C=O) groups excluding carboxylic acids is 1. The van der Waals surface area contributed by atoms with Gasteiger partial charge < -0.3 is 15.8 Å². The molecule has 24 heavy (non-hydrogen) atoms. The topological polar surface area (TPSA) is 64.3 Å². The smallest absolute Gasteiger partial charge is 0.244 e. The van der Waals surface area contributed by atoms with E-state index in [2.05, 4.69) is 5.32 Å². The first-order chi connectivity index (χ1) is 11.5. The second-order valence-electron chi connectivity index (χ2n) is 6.19. The monoisotopic (exact) mass is 326 g/mol. The quantitative estimate of drug-likeness (QED) is 0.733. The maximum absolute atomic E-state index is 12.3. The fourth-order valence-corrected chi connectivity index (χ4v) is 2.35. The van der Waals surface area contributed by atoms with Gasteiger partial charge in [-0.1, -0.05) is 48.0 Å². The Kier molecular flexibility index (Phi) is 6.38. The minimum atomic E-state index is -1.01. The Balaban J connectivity index is 1.66. The molecule has 1 atom stereocenters. The van der Waals surface area contributed by atoms with Crippen molar-refractivity contribution in [3.8, 4) is 5.75 Å². The minimum Gasteiger partial charge on any atom is -0.494 e. The van der Waals surface area contributed by atoms with Gasteiger partial charge in [-0.05, 0) is 44.4 Å². The van der Waals surface area contributed by atoms with Crippen molar-refractivity contribution in [3.05, 3.63) is 65.7 Å². The van der Waals surface area contributed by atoms with Gasteiger partial charge in [-0.15, -0.1) is 0 Å². The normalized spacial score (nSPS) is 13.1. The lowest BCUT2D eigenvalue weighted by Gasteiger charge is -2.24. The predicted octanol–water partition coefficient (Wildman–Crippen LogP) is 3.14. The summed E-state index contributed by atoms with van der Waals surface area (Å²) in [6, 6.07) is 17.4. The van der Waals surface area contributed by atoms with Crippen molar-refractivity contribution in [2.75, 3.05) is 13.2 Å². The summed E-state index contributed by atoms with van der Waals surface area (Å²) in [5.41, 5.74) is 7.19. The first-order valence-corrected chi connectivity index (χ1v) is 8.32. The van der Waals surface area contributed by atoms with Crippen LogP contribution in [0.2, 0.25) is 0 Å². The highest BCUT2D eigenvalue weighted by atomic mass is 16.5. The van der Waals surface area contributed by atoms with Crippen LogP contribution in [0.1, 0.15) is 30.9 Å². The lowest BCUT2D eigenvalue weighted by molar-refractivity contribution is -0.126. The van der Waals surface area contributed by atoms with E-state index in [9.17, 15) is 4.79 Å². The van der Waals surface area contributed by atoms with Crippen LogP contribution in [0.25, 0.3) is 0 Å². The third-order valence-corrected chi connectivity index (χ3v) is 3.99. The van der Waals surface area contributed by atoms with Gasteiger partial charge in [-0.3, -0.25) is 4.79 Å². The van der Waals surface area contributed by atoms with Crippen LogP contribution in [0.3, 0.4) is 0 Å². The average molecular weight is 326 g/mol. The SMILES string of the molecule is Cc1ccc(OCCCCNC(=O)C(C)(N)c2ccccc2)cc1. The van der Waals surface area contributed by atoms with Gasteiger partial charge in [0.15, 0.2) is 0 Å². The van der Waals surface area contributed by atoms with E-state index in [1.807, 2.05) is 61.5 Å². The molecule has 0 saturated heterocycles. The molecule has 2 aromatic rings. The van der Waals surface area contributed by atoms with Crippen LogP contribution in [-0.4, -0.2) is 19.1 Å². The Bertz CT molecular complexity index is 636. The van der Waals surface area contributed by atoms with Crippen LogP contribution in [-0.2, 0) is 10.3 Å². The standard InChI is InChI=1S/C20H26N2O2/c1-16-10-12-18(13-11-16)24-15-7-6-14-22-19(23)20(2,21)17-8-4-3-5-9-17/h3-5,8-13H,6-7,14-15,21H2,1-2H3,(H,22,23). The Labute approximate surface area is 144 Å². The fourth-order valence-electron chi connectivity index (χ4n) is 2.35. The summed E-state index contributed by atoms with van der Waals surface area (Å²) in [4.78, 5) is 12.3. The number of amides is 1. The highest BCUT2D eigenvalue weighted by Crippen LogP contribution is 2.17. The Morgan fingerprint density at radius 3 is 2.42 bits per heavy atom. The molecule has 128 valence electrons. The Hall–Kier alpha value is -2.33. The van der Waals surface area contributed by atoms with Gasteiger partial charge in [0.05, 0.1) is 6.61 Å². The van der Waals surface area contributed by atoms with Crippen LogP contribution < -0.4 is 15.8 Å². The minimum absolute atomic E-state index is 0.159. The molecule has 4 nitrogen and oxygen atoms in total. The van der Waals surface area contributed by atoms with Gasteiger partial charge in [0, 0.05) is 6.54 Å². The maximum Gasteiger partial charge on any atom is 0.244 e. The van der Waals surface area contributed by atoms with E-state index in [-0.39, 0.29) is 5.91 Å². The van der Waals surface area contributed by atoms with Crippen molar-refractivity contribution in [2.24, 2.45) is 5.73 Å². The summed E-state index contributed by atoms with van der Waals surface area (Å²) in [6.45, 7) is 5.01. The molecule has 2 aromatic carbocycles. The molecule has 1 amide bonds. The Morgan fingerprint density at radius 1 is 1.08 bits per heavy atom. The molecule has 0 saturated carbocycles. The molecular formula is C20H26N2O2. The third-order valence-electron chi connectivity index (χ3n) is 3.99. The van der Waals surface area contributed by atoms with Gasteiger partial charge in [0.25, 0.3) is 0 Å². The van der Waals surface area contributed by atoms with E-state index in [1.165, 1.54) is 5.56 Å². The second-order valence-corrected chi connectivity index (χ2v) is 6.19. The number of benzene rings is 2. The third kappa shape index (κ3) is 5.10. The van der Waals surface area contributed by atoms with Gasteiger partial charge in [-0.2, -0.15) is 0 Å². The predicted molar refractivity (Wildman–Crippen MR) is 96.9 cm³/mol. The highest BCUT2D eigenvalue weighted by molar-refractivity contribution is 5.86. The number of unbranched alkanes of at least 4 members (excludes halogenated alkanes) is 1. The molecule has 0 heterocycles. The van der Waals surface area contributed by atoms with E-state index >= 15 is 0 Å². The largest absolute Gasteiger partial charge is 0.494 e. The van der Waals surface area contributed by atoms with E-state index in [1.54, 1.807) is 6.92 Å². The molecule has 0 aliphatic carbocycles. The zero-order valence-corrected chi connectivity index (χ0v) is 14.4. The number of carbonyl (C=O) groups is 1. The van der Waals surface area contributed by atoms with Crippen LogP contribution in [0.5, 0.6) is 5.75 Å². The highest BCUT2D eigenvalue weighted by Gasteiger charge is 2.29. The summed E-state index contributed by atoms with van der Waals surface area (Å²) in [5.74, 6) is 0.719. The summed E-state index contributed by atoms with van der Waals surface area (Å²) in [7, 11) is 0. The molecule has 3 N–H and O–H groups in total. The van der Waals surface area contributed by atoms with Crippen molar-refractivity contribution in [2.45, 2.75) is 32.2 Å². The molecule has 0 spiro atoms. The lowest BCUT2D eigenvalue weighted by Crippen LogP contribution is -2.49. The summed E-state index contributed by atoms with van der Waals surface area (Å²) in [5, 5.41) is 2.91. The first kappa shape index (κ1) is 18.0. The molecule has 0 radical (unpaired) electrons. The summed E-state index contributed by atoms with van der Waals surface area (Å²) < 4.78 is 5.67.